The third-order valence-corrected chi connectivity index (χ3v) is 7.23. The van der Waals surface area contributed by atoms with Crippen LogP contribution in [0.2, 0.25) is 0 Å². The number of carbonyl (C=O) groups is 4. The van der Waals surface area contributed by atoms with Crippen LogP contribution in [0.4, 0.5) is 0 Å². The summed E-state index contributed by atoms with van der Waals surface area (Å²) in [5, 5.41) is 3.24. The minimum absolute atomic E-state index is 0.0980. The third-order valence-electron chi connectivity index (χ3n) is 7.23. The van der Waals surface area contributed by atoms with Gasteiger partial charge in [-0.15, -0.1) is 0 Å². The van der Waals surface area contributed by atoms with Gasteiger partial charge in [-0.1, -0.05) is 30.9 Å². The van der Waals surface area contributed by atoms with Gasteiger partial charge in [0.2, 0.25) is 5.43 Å². The van der Waals surface area contributed by atoms with Crippen LogP contribution in [-0.2, 0) is 38.1 Å². The maximum absolute atomic E-state index is 14.2. The Balaban J connectivity index is 2.37. The highest BCUT2D eigenvalue weighted by atomic mass is 16.5. The number of esters is 4. The van der Waals surface area contributed by atoms with Gasteiger partial charge in [-0.05, 0) is 31.9 Å². The highest BCUT2D eigenvalue weighted by molar-refractivity contribution is 6.22. The molecule has 1 saturated carbocycles. The molecule has 11 heteroatoms. The predicted molar refractivity (Wildman–Crippen MR) is 142 cm³/mol. The zero-order valence-corrected chi connectivity index (χ0v) is 23.0. The van der Waals surface area contributed by atoms with Crippen LogP contribution < -0.4 is 21.4 Å². The summed E-state index contributed by atoms with van der Waals surface area (Å²) in [4.78, 5) is 67.8. The molecular weight excluding hydrogens is 522 g/mol. The first kappa shape index (κ1) is 28.6. The fourth-order valence-electron chi connectivity index (χ4n) is 5.32. The van der Waals surface area contributed by atoms with Gasteiger partial charge in [0.25, 0.3) is 0 Å². The summed E-state index contributed by atoms with van der Waals surface area (Å²) in [6, 6.07) is 4.69. The zero-order chi connectivity index (χ0) is 29.1. The summed E-state index contributed by atoms with van der Waals surface area (Å²) in [6.45, 7) is 1.80. The van der Waals surface area contributed by atoms with Crippen molar-refractivity contribution in [3.63, 3.8) is 0 Å². The number of ether oxygens (including phenoxy) is 4. The topological polar surface area (TPSA) is 147 Å². The van der Waals surface area contributed by atoms with Crippen molar-refractivity contribution >= 4 is 46.1 Å². The Morgan fingerprint density at radius 2 is 1.48 bits per heavy atom. The summed E-state index contributed by atoms with van der Waals surface area (Å²) in [5.41, 5.74) is -1.61. The molecule has 1 fully saturated rings. The molecule has 2 aliphatic carbocycles. The Hall–Kier alpha value is -4.41. The summed E-state index contributed by atoms with van der Waals surface area (Å²) in [5.74, 6) is -6.15. The molecular formula is C29H31NO10. The minimum Gasteiger partial charge on any atom is -0.468 e. The molecule has 212 valence electrons. The first-order valence-electron chi connectivity index (χ1n) is 12.8. The Kier molecular flexibility index (Phi) is 8.41. The van der Waals surface area contributed by atoms with Gasteiger partial charge in [-0.3, -0.25) is 9.59 Å². The van der Waals surface area contributed by atoms with Gasteiger partial charge in [-0.2, -0.15) is 0 Å². The number of hydrogen-bond donors (Lipinski definition) is 1. The number of carbonyl (C=O) groups excluding carboxylic acids is 4. The van der Waals surface area contributed by atoms with Crippen LogP contribution in [0.25, 0.3) is 22.2 Å². The van der Waals surface area contributed by atoms with Crippen molar-refractivity contribution in [2.45, 2.75) is 45.1 Å². The molecule has 2 aromatic rings. The first-order valence-corrected chi connectivity index (χ1v) is 12.8. The molecule has 4 rings (SSSR count). The van der Waals surface area contributed by atoms with Crippen molar-refractivity contribution < 1.29 is 42.5 Å². The van der Waals surface area contributed by atoms with Gasteiger partial charge in [0.05, 0.1) is 61.5 Å². The van der Waals surface area contributed by atoms with Crippen LogP contribution in [0.15, 0.2) is 38.6 Å². The van der Waals surface area contributed by atoms with Crippen molar-refractivity contribution in [1.82, 2.24) is 5.32 Å². The van der Waals surface area contributed by atoms with E-state index in [4.69, 9.17) is 23.4 Å². The molecule has 1 heterocycles. The molecule has 0 spiro atoms. The zero-order valence-electron chi connectivity index (χ0n) is 23.0. The molecule has 40 heavy (non-hydrogen) atoms. The quantitative estimate of drug-likeness (QED) is 0.402. The predicted octanol–water partition coefficient (Wildman–Crippen LogP) is 0.901. The van der Waals surface area contributed by atoms with Crippen LogP contribution in [0, 0.1) is 12.8 Å². The number of rotatable bonds is 6. The maximum atomic E-state index is 14.2. The SMILES string of the molecule is COC(=O)C1=C(C(=O)OC)C(C(=O)OC)C(C(=O)OC)=c2oc3ccc(C)cc3c(=O)c2=C1NC1CCCCC1. The van der Waals surface area contributed by atoms with Crippen molar-refractivity contribution in [3.8, 4) is 0 Å². The Labute approximate surface area is 229 Å². The van der Waals surface area contributed by atoms with Crippen LogP contribution in [0.1, 0.15) is 37.7 Å². The lowest BCUT2D eigenvalue weighted by molar-refractivity contribution is -0.147. The minimum atomic E-state index is -1.85. The average Bonchev–Trinajstić information content (AvgIpc) is 3.09. The molecule has 0 aliphatic heterocycles. The molecule has 11 nitrogen and oxygen atoms in total. The molecule has 2 aliphatic rings. The van der Waals surface area contributed by atoms with Gasteiger partial charge in [-0.25, -0.2) is 14.4 Å². The number of benzene rings is 1. The highest BCUT2D eigenvalue weighted by Crippen LogP contribution is 2.33. The van der Waals surface area contributed by atoms with E-state index < -0.39 is 51.9 Å². The molecule has 1 N–H and O–H groups in total. The molecule has 1 aromatic heterocycles. The molecule has 0 radical (unpaired) electrons. The molecule has 0 saturated heterocycles. The van der Waals surface area contributed by atoms with E-state index in [9.17, 15) is 24.0 Å². The van der Waals surface area contributed by atoms with E-state index in [1.165, 1.54) is 0 Å². The van der Waals surface area contributed by atoms with Gasteiger partial charge in [0, 0.05) is 6.04 Å². The Bertz CT molecular complexity index is 1610. The van der Waals surface area contributed by atoms with Gasteiger partial charge in [0.1, 0.15) is 11.5 Å². The first-order chi connectivity index (χ1) is 19.2. The van der Waals surface area contributed by atoms with Crippen molar-refractivity contribution in [1.29, 1.82) is 0 Å². The van der Waals surface area contributed by atoms with E-state index >= 15 is 0 Å². The monoisotopic (exact) mass is 553 g/mol. The molecule has 0 bridgehead atoms. The lowest BCUT2D eigenvalue weighted by Crippen LogP contribution is -2.48. The highest BCUT2D eigenvalue weighted by Gasteiger charge is 2.45. The van der Waals surface area contributed by atoms with E-state index in [0.29, 0.717) is 12.8 Å². The number of hydrogen-bond acceptors (Lipinski definition) is 11. The normalized spacial score (nSPS) is 17.6. The van der Waals surface area contributed by atoms with Crippen LogP contribution >= 0.6 is 0 Å². The Morgan fingerprint density at radius 1 is 0.850 bits per heavy atom. The number of nitrogens with one attached hydrogen (secondary N) is 1. The van der Waals surface area contributed by atoms with E-state index in [2.05, 4.69) is 5.32 Å². The van der Waals surface area contributed by atoms with E-state index in [0.717, 1.165) is 53.3 Å². The van der Waals surface area contributed by atoms with Gasteiger partial charge >= 0.3 is 23.9 Å². The van der Waals surface area contributed by atoms with E-state index in [1.54, 1.807) is 25.1 Å². The Morgan fingerprint density at radius 3 is 2.08 bits per heavy atom. The largest absolute Gasteiger partial charge is 0.468 e. The standard InChI is InChI=1S/C29H31NO10/c1-14-11-12-17-16(13-14)24(31)22-23(30-15-9-7-6-8-10-15)20(28(34)38-4)18(26(32)36-2)19(27(33)37-3)21(25(22)40-17)29(35)39-5/h11-13,15,19,30H,6-10H2,1-5H3. The smallest absolute Gasteiger partial charge is 0.340 e. The average molecular weight is 554 g/mol. The second-order valence-electron chi connectivity index (χ2n) is 9.62. The second kappa shape index (κ2) is 11.8. The number of aryl methyl sites for hydroxylation is 1. The van der Waals surface area contributed by atoms with E-state index in [-0.39, 0.29) is 33.3 Å². The summed E-state index contributed by atoms with van der Waals surface area (Å²) in [6.07, 6.45) is 4.25. The van der Waals surface area contributed by atoms with Crippen molar-refractivity contribution in [2.75, 3.05) is 28.4 Å². The lowest BCUT2D eigenvalue weighted by atomic mass is 9.87. The molecule has 1 aromatic carbocycles. The van der Waals surface area contributed by atoms with Crippen LogP contribution in [0.3, 0.4) is 0 Å². The third kappa shape index (κ3) is 4.99. The van der Waals surface area contributed by atoms with Crippen molar-refractivity contribution in [2.24, 2.45) is 5.92 Å². The van der Waals surface area contributed by atoms with E-state index in [1.807, 2.05) is 0 Å². The number of methoxy groups -OCH3 is 4. The number of fused-ring (bicyclic) bond motifs is 2. The van der Waals surface area contributed by atoms with Gasteiger partial charge in [0.15, 0.2) is 5.42 Å². The van der Waals surface area contributed by atoms with Crippen molar-refractivity contribution in [3.05, 3.63) is 55.8 Å². The lowest BCUT2D eigenvalue weighted by Gasteiger charge is -2.27. The fourth-order valence-corrected chi connectivity index (χ4v) is 5.32. The van der Waals surface area contributed by atoms with Crippen LogP contribution in [-0.4, -0.2) is 58.4 Å². The van der Waals surface area contributed by atoms with Gasteiger partial charge < -0.3 is 28.7 Å². The summed E-state index contributed by atoms with van der Waals surface area (Å²) in [7, 11) is 4.28. The molecule has 1 atom stereocenters. The fraction of sp³-hybridized carbons (Fsp3) is 0.414. The summed E-state index contributed by atoms with van der Waals surface area (Å²) >= 11 is 0. The molecule has 1 unspecified atom stereocenters. The summed E-state index contributed by atoms with van der Waals surface area (Å²) < 4.78 is 26.2. The molecule has 0 amide bonds. The maximum Gasteiger partial charge on any atom is 0.340 e. The van der Waals surface area contributed by atoms with Crippen LogP contribution in [0.5, 0.6) is 0 Å². The second-order valence-corrected chi connectivity index (χ2v) is 9.62.